The van der Waals surface area contributed by atoms with Crippen LogP contribution in [0.1, 0.15) is 16.7 Å². The first-order valence-electron chi connectivity index (χ1n) is 8.50. The highest BCUT2D eigenvalue weighted by Crippen LogP contribution is 2.16. The van der Waals surface area contributed by atoms with E-state index in [2.05, 4.69) is 27.8 Å². The predicted octanol–water partition coefficient (Wildman–Crippen LogP) is 3.61. The highest BCUT2D eigenvalue weighted by Gasteiger charge is 2.05. The van der Waals surface area contributed by atoms with E-state index in [9.17, 15) is 4.39 Å². The van der Waals surface area contributed by atoms with Gasteiger partial charge >= 0.3 is 0 Å². The van der Waals surface area contributed by atoms with Gasteiger partial charge in [-0.2, -0.15) is 11.8 Å². The molecule has 0 atom stereocenters. The van der Waals surface area contributed by atoms with Crippen LogP contribution in [0.2, 0.25) is 0 Å². The number of rotatable bonds is 8. The van der Waals surface area contributed by atoms with Gasteiger partial charge in [0.25, 0.3) is 0 Å². The Hall–Kier alpha value is -2.21. The van der Waals surface area contributed by atoms with Crippen LogP contribution >= 0.6 is 11.8 Å². The molecule has 0 aromatic heterocycles. The quantitative estimate of drug-likeness (QED) is 0.547. The first kappa shape index (κ1) is 20.1. The predicted molar refractivity (Wildman–Crippen MR) is 109 cm³/mol. The molecule has 0 amide bonds. The van der Waals surface area contributed by atoms with Crippen molar-refractivity contribution < 1.29 is 9.13 Å². The molecule has 0 aliphatic heterocycles. The fraction of sp³-hybridized carbons (Fsp3) is 0.350. The molecule has 0 saturated heterocycles. The molecule has 0 aliphatic rings. The fourth-order valence-corrected chi connectivity index (χ4v) is 3.15. The minimum Gasteiger partial charge on any atom is -0.497 e. The Bertz CT molecular complexity index is 719. The van der Waals surface area contributed by atoms with Crippen molar-refractivity contribution in [2.45, 2.75) is 18.7 Å². The number of hydrogen-bond donors (Lipinski definition) is 2. The second kappa shape index (κ2) is 10.7. The molecule has 0 saturated carbocycles. The Morgan fingerprint density at radius 2 is 1.88 bits per heavy atom. The topological polar surface area (TPSA) is 45.7 Å². The highest BCUT2D eigenvalue weighted by molar-refractivity contribution is 7.97. The molecule has 0 fully saturated rings. The van der Waals surface area contributed by atoms with Crippen LogP contribution in [-0.2, 0) is 18.7 Å². The number of benzene rings is 2. The normalized spacial score (nSPS) is 11.3. The summed E-state index contributed by atoms with van der Waals surface area (Å²) in [5.74, 6) is 2.19. The van der Waals surface area contributed by atoms with Gasteiger partial charge in [0.2, 0.25) is 0 Å². The fourth-order valence-electron chi connectivity index (χ4n) is 2.57. The van der Waals surface area contributed by atoms with Gasteiger partial charge in [0.1, 0.15) is 11.6 Å². The molecule has 0 radical (unpaired) electrons. The summed E-state index contributed by atoms with van der Waals surface area (Å²) in [7, 11) is 3.41. The molecule has 140 valence electrons. The summed E-state index contributed by atoms with van der Waals surface area (Å²) in [4.78, 5) is 4.25. The maximum atomic E-state index is 13.4. The molecule has 6 heteroatoms. The molecule has 0 aliphatic carbocycles. The van der Waals surface area contributed by atoms with E-state index in [0.717, 1.165) is 41.6 Å². The van der Waals surface area contributed by atoms with Gasteiger partial charge in [-0.25, -0.2) is 4.39 Å². The van der Waals surface area contributed by atoms with Crippen LogP contribution in [0.5, 0.6) is 5.75 Å². The molecule has 2 N–H and O–H groups in total. The first-order chi connectivity index (χ1) is 12.7. The van der Waals surface area contributed by atoms with Crippen LogP contribution < -0.4 is 15.4 Å². The van der Waals surface area contributed by atoms with Crippen LogP contribution in [0.15, 0.2) is 47.5 Å². The molecule has 0 unspecified atom stereocenters. The first-order valence-corrected chi connectivity index (χ1v) is 9.89. The lowest BCUT2D eigenvalue weighted by atomic mass is 10.1. The molecular weight excluding hydrogens is 349 g/mol. The van der Waals surface area contributed by atoms with Crippen molar-refractivity contribution in [2.24, 2.45) is 4.99 Å². The third-order valence-corrected chi connectivity index (χ3v) is 4.60. The van der Waals surface area contributed by atoms with Gasteiger partial charge in [0.05, 0.1) is 7.11 Å². The summed E-state index contributed by atoms with van der Waals surface area (Å²) in [5.41, 5.74) is 3.33. The molecule has 0 bridgehead atoms. The van der Waals surface area contributed by atoms with Crippen LogP contribution in [0.4, 0.5) is 4.39 Å². The monoisotopic (exact) mass is 375 g/mol. The molecule has 0 spiro atoms. The number of aliphatic imine (C=N–C) groups is 1. The third kappa shape index (κ3) is 6.26. The SMILES string of the molecule is CN=C(NCCc1ccc(OC)cc1)NCc1ccc(F)cc1CSC. The van der Waals surface area contributed by atoms with E-state index in [1.165, 1.54) is 11.6 Å². The Balaban J connectivity index is 1.84. The van der Waals surface area contributed by atoms with E-state index >= 15 is 0 Å². The van der Waals surface area contributed by atoms with Crippen molar-refractivity contribution in [1.82, 2.24) is 10.6 Å². The zero-order chi connectivity index (χ0) is 18.8. The van der Waals surface area contributed by atoms with Gasteiger partial charge in [0.15, 0.2) is 5.96 Å². The summed E-state index contributed by atoms with van der Waals surface area (Å²) in [5, 5.41) is 6.60. The lowest BCUT2D eigenvalue weighted by molar-refractivity contribution is 0.414. The highest BCUT2D eigenvalue weighted by atomic mass is 32.2. The summed E-state index contributed by atoms with van der Waals surface area (Å²) >= 11 is 1.68. The zero-order valence-electron chi connectivity index (χ0n) is 15.5. The van der Waals surface area contributed by atoms with E-state index in [4.69, 9.17) is 4.74 Å². The van der Waals surface area contributed by atoms with E-state index in [1.54, 1.807) is 32.0 Å². The summed E-state index contributed by atoms with van der Waals surface area (Å²) in [6, 6.07) is 13.0. The summed E-state index contributed by atoms with van der Waals surface area (Å²) in [6.07, 6.45) is 2.90. The number of nitrogens with one attached hydrogen (secondary N) is 2. The van der Waals surface area contributed by atoms with Crippen molar-refractivity contribution in [2.75, 3.05) is 27.0 Å². The number of guanidine groups is 1. The lowest BCUT2D eigenvalue weighted by Crippen LogP contribution is -2.38. The molecule has 4 nitrogen and oxygen atoms in total. The number of thioether (sulfide) groups is 1. The molecule has 26 heavy (non-hydrogen) atoms. The largest absolute Gasteiger partial charge is 0.497 e. The Morgan fingerprint density at radius 3 is 2.54 bits per heavy atom. The van der Waals surface area contributed by atoms with Crippen LogP contribution in [0.3, 0.4) is 0 Å². The van der Waals surface area contributed by atoms with Gasteiger partial charge in [0, 0.05) is 25.9 Å². The minimum atomic E-state index is -0.195. The number of halogens is 1. The number of hydrogen-bond acceptors (Lipinski definition) is 3. The van der Waals surface area contributed by atoms with Crippen LogP contribution in [0, 0.1) is 5.82 Å². The van der Waals surface area contributed by atoms with Crippen LogP contribution in [0.25, 0.3) is 0 Å². The maximum absolute atomic E-state index is 13.4. The average molecular weight is 376 g/mol. The summed E-state index contributed by atoms with van der Waals surface area (Å²) < 4.78 is 18.6. The van der Waals surface area contributed by atoms with Gasteiger partial charge in [-0.3, -0.25) is 4.99 Å². The second-order valence-electron chi connectivity index (χ2n) is 5.80. The smallest absolute Gasteiger partial charge is 0.191 e. The van der Waals surface area contributed by atoms with Crippen molar-refractivity contribution in [3.63, 3.8) is 0 Å². The number of nitrogens with zero attached hydrogens (tertiary/aromatic N) is 1. The summed E-state index contributed by atoms with van der Waals surface area (Å²) in [6.45, 7) is 1.38. The van der Waals surface area contributed by atoms with Crippen LogP contribution in [-0.4, -0.2) is 32.9 Å². The molecule has 2 aromatic carbocycles. The maximum Gasteiger partial charge on any atom is 0.191 e. The second-order valence-corrected chi connectivity index (χ2v) is 6.66. The molecule has 2 aromatic rings. The van der Waals surface area contributed by atoms with Crippen molar-refractivity contribution >= 4 is 17.7 Å². The van der Waals surface area contributed by atoms with E-state index in [0.29, 0.717) is 6.54 Å². The van der Waals surface area contributed by atoms with Crippen molar-refractivity contribution in [3.05, 3.63) is 65.0 Å². The average Bonchev–Trinajstić information content (AvgIpc) is 2.66. The third-order valence-electron chi connectivity index (χ3n) is 4.00. The Labute approximate surface area is 159 Å². The van der Waals surface area contributed by atoms with E-state index < -0.39 is 0 Å². The Morgan fingerprint density at radius 1 is 1.12 bits per heavy atom. The van der Waals surface area contributed by atoms with E-state index in [1.807, 2.05) is 24.5 Å². The Kier molecular flexibility index (Phi) is 8.28. The molecule has 2 rings (SSSR count). The van der Waals surface area contributed by atoms with Crippen molar-refractivity contribution in [3.8, 4) is 5.75 Å². The number of ether oxygens (including phenoxy) is 1. The standard InChI is InChI=1S/C20H26FN3OS/c1-22-20(23-11-10-15-4-8-19(25-2)9-5-15)24-13-16-6-7-18(21)12-17(16)14-26-3/h4-9,12H,10-11,13-14H2,1-3H3,(H2,22,23,24). The van der Waals surface area contributed by atoms with Crippen molar-refractivity contribution in [1.29, 1.82) is 0 Å². The van der Waals surface area contributed by atoms with Gasteiger partial charge in [-0.05, 0) is 53.6 Å². The zero-order valence-corrected chi connectivity index (χ0v) is 16.3. The lowest BCUT2D eigenvalue weighted by Gasteiger charge is -2.14. The molecule has 0 heterocycles. The minimum absolute atomic E-state index is 0.195. The van der Waals surface area contributed by atoms with E-state index in [-0.39, 0.29) is 5.82 Å². The van der Waals surface area contributed by atoms with Gasteiger partial charge in [-0.1, -0.05) is 18.2 Å². The number of methoxy groups -OCH3 is 1. The molecular formula is C20H26FN3OS. The van der Waals surface area contributed by atoms with Gasteiger partial charge < -0.3 is 15.4 Å². The van der Waals surface area contributed by atoms with Gasteiger partial charge in [-0.15, -0.1) is 0 Å².